The van der Waals surface area contributed by atoms with E-state index in [1.54, 1.807) is 17.5 Å². The summed E-state index contributed by atoms with van der Waals surface area (Å²) in [4.78, 5) is 5.42. The molecule has 2 heterocycles. The van der Waals surface area contributed by atoms with Gasteiger partial charge in [0.1, 0.15) is 0 Å². The second-order valence-corrected chi connectivity index (χ2v) is 3.80. The van der Waals surface area contributed by atoms with Crippen molar-refractivity contribution in [1.29, 1.82) is 0 Å². The second-order valence-electron chi connectivity index (χ2n) is 2.69. The van der Waals surface area contributed by atoms with Crippen LogP contribution in [0.15, 0.2) is 36.0 Å². The normalized spacial score (nSPS) is 9.07. The van der Waals surface area contributed by atoms with Gasteiger partial charge in [0.25, 0.3) is 0 Å². The molecule has 0 radical (unpaired) electrons. The Labute approximate surface area is 89.4 Å². The van der Waals surface area contributed by atoms with Gasteiger partial charge >= 0.3 is 0 Å². The Morgan fingerprint density at radius 1 is 1.21 bits per heavy atom. The second kappa shape index (κ2) is 5.55. The molecular formula is C12H15NS. The fraction of sp³-hybridized carbons (Fsp3) is 0.250. The topological polar surface area (TPSA) is 12.9 Å². The Hall–Kier alpha value is -1.15. The van der Waals surface area contributed by atoms with Crippen LogP contribution in [0.5, 0.6) is 0 Å². The summed E-state index contributed by atoms with van der Waals surface area (Å²) in [5.74, 6) is 0. The molecule has 0 aliphatic carbocycles. The zero-order valence-corrected chi connectivity index (χ0v) is 9.64. The van der Waals surface area contributed by atoms with Gasteiger partial charge < -0.3 is 0 Å². The number of hydrogen-bond acceptors (Lipinski definition) is 2. The number of nitrogens with zero attached hydrogens (tertiary/aromatic N) is 1. The molecule has 2 aromatic heterocycles. The van der Waals surface area contributed by atoms with E-state index in [0.717, 1.165) is 0 Å². The van der Waals surface area contributed by atoms with Crippen molar-refractivity contribution in [3.05, 3.63) is 40.8 Å². The Morgan fingerprint density at radius 3 is 2.50 bits per heavy atom. The Morgan fingerprint density at radius 2 is 2.00 bits per heavy atom. The van der Waals surface area contributed by atoms with Gasteiger partial charge in [-0.05, 0) is 30.0 Å². The minimum Gasteiger partial charge on any atom is -0.264 e. The molecule has 0 unspecified atom stereocenters. The van der Waals surface area contributed by atoms with E-state index < -0.39 is 0 Å². The van der Waals surface area contributed by atoms with Gasteiger partial charge in [0.2, 0.25) is 0 Å². The van der Waals surface area contributed by atoms with Crippen LogP contribution >= 0.6 is 11.3 Å². The lowest BCUT2D eigenvalue weighted by Crippen LogP contribution is -1.73. The third kappa shape index (κ3) is 2.67. The van der Waals surface area contributed by atoms with Crippen LogP contribution in [0.3, 0.4) is 0 Å². The van der Waals surface area contributed by atoms with E-state index >= 15 is 0 Å². The zero-order chi connectivity index (χ0) is 10.4. The molecule has 1 nitrogen and oxygen atoms in total. The van der Waals surface area contributed by atoms with Crippen LogP contribution < -0.4 is 0 Å². The van der Waals surface area contributed by atoms with E-state index in [1.807, 2.05) is 26.1 Å². The molecule has 0 bridgehead atoms. The van der Waals surface area contributed by atoms with Crippen molar-refractivity contribution in [2.45, 2.75) is 20.8 Å². The Bertz CT molecular complexity index is 365. The molecule has 0 N–H and O–H groups in total. The third-order valence-corrected chi connectivity index (χ3v) is 2.59. The number of rotatable bonds is 1. The SMILES string of the molecule is CC.Cc1cc(-c2cccnc2)cs1. The summed E-state index contributed by atoms with van der Waals surface area (Å²) in [6.07, 6.45) is 3.68. The Balaban J connectivity index is 0.000000461. The van der Waals surface area contributed by atoms with Crippen molar-refractivity contribution < 1.29 is 0 Å². The van der Waals surface area contributed by atoms with Crippen LogP contribution in [0.4, 0.5) is 0 Å². The summed E-state index contributed by atoms with van der Waals surface area (Å²) < 4.78 is 0. The van der Waals surface area contributed by atoms with Crippen molar-refractivity contribution in [2.24, 2.45) is 0 Å². The molecule has 14 heavy (non-hydrogen) atoms. The number of pyridine rings is 1. The average molecular weight is 205 g/mol. The maximum absolute atomic E-state index is 4.07. The van der Waals surface area contributed by atoms with Gasteiger partial charge in [0.05, 0.1) is 0 Å². The predicted molar refractivity (Wildman–Crippen MR) is 63.6 cm³/mol. The molecule has 0 amide bonds. The standard InChI is InChI=1S/C10H9NS.C2H6/c1-8-5-10(7-12-8)9-3-2-4-11-6-9;1-2/h2-7H,1H3;1-2H3. The summed E-state index contributed by atoms with van der Waals surface area (Å²) in [6, 6.07) is 6.22. The number of aromatic nitrogens is 1. The molecule has 0 aromatic carbocycles. The summed E-state index contributed by atoms with van der Waals surface area (Å²) in [7, 11) is 0. The van der Waals surface area contributed by atoms with E-state index in [-0.39, 0.29) is 0 Å². The first kappa shape index (κ1) is 10.9. The van der Waals surface area contributed by atoms with Gasteiger partial charge in [-0.1, -0.05) is 19.9 Å². The van der Waals surface area contributed by atoms with Crippen molar-refractivity contribution >= 4 is 11.3 Å². The minimum absolute atomic E-state index is 1.20. The van der Waals surface area contributed by atoms with Crippen molar-refractivity contribution in [1.82, 2.24) is 4.98 Å². The van der Waals surface area contributed by atoms with Gasteiger partial charge in [-0.2, -0.15) is 0 Å². The predicted octanol–water partition coefficient (Wildman–Crippen LogP) is 4.14. The van der Waals surface area contributed by atoms with Crippen LogP contribution in [0, 0.1) is 6.92 Å². The molecule has 0 saturated carbocycles. The van der Waals surface area contributed by atoms with Crippen LogP contribution in [-0.4, -0.2) is 4.98 Å². The monoisotopic (exact) mass is 205 g/mol. The first-order valence-corrected chi connectivity index (χ1v) is 5.70. The van der Waals surface area contributed by atoms with Gasteiger partial charge in [0, 0.05) is 22.8 Å². The van der Waals surface area contributed by atoms with Crippen LogP contribution in [0.1, 0.15) is 18.7 Å². The minimum atomic E-state index is 1.20. The quantitative estimate of drug-likeness (QED) is 0.681. The molecule has 0 aliphatic heterocycles. The molecule has 2 heteroatoms. The van der Waals surface area contributed by atoms with Gasteiger partial charge in [-0.15, -0.1) is 11.3 Å². The summed E-state index contributed by atoms with van der Waals surface area (Å²) >= 11 is 1.77. The highest BCUT2D eigenvalue weighted by atomic mass is 32.1. The van der Waals surface area contributed by atoms with Gasteiger partial charge in [-0.25, -0.2) is 0 Å². The molecule has 2 rings (SSSR count). The largest absolute Gasteiger partial charge is 0.264 e. The van der Waals surface area contributed by atoms with E-state index in [1.165, 1.54) is 16.0 Å². The van der Waals surface area contributed by atoms with E-state index in [0.29, 0.717) is 0 Å². The fourth-order valence-electron chi connectivity index (χ4n) is 1.13. The molecule has 0 fully saturated rings. The fourth-order valence-corrected chi connectivity index (χ4v) is 1.84. The first-order valence-electron chi connectivity index (χ1n) is 4.82. The summed E-state index contributed by atoms with van der Waals surface area (Å²) in [5, 5.41) is 2.16. The van der Waals surface area contributed by atoms with E-state index in [4.69, 9.17) is 0 Å². The lowest BCUT2D eigenvalue weighted by atomic mass is 10.1. The number of thiophene rings is 1. The smallest absolute Gasteiger partial charge is 0.0346 e. The first-order chi connectivity index (χ1) is 6.86. The van der Waals surface area contributed by atoms with E-state index in [2.05, 4.69) is 29.4 Å². The van der Waals surface area contributed by atoms with E-state index in [9.17, 15) is 0 Å². The van der Waals surface area contributed by atoms with Crippen molar-refractivity contribution in [2.75, 3.05) is 0 Å². The zero-order valence-electron chi connectivity index (χ0n) is 8.82. The maximum atomic E-state index is 4.07. The molecule has 2 aromatic rings. The lowest BCUT2D eigenvalue weighted by Gasteiger charge is -1.93. The van der Waals surface area contributed by atoms with Crippen LogP contribution in [0.2, 0.25) is 0 Å². The highest BCUT2D eigenvalue weighted by Gasteiger charge is 1.97. The third-order valence-electron chi connectivity index (χ3n) is 1.73. The number of hydrogen-bond donors (Lipinski definition) is 0. The highest BCUT2D eigenvalue weighted by molar-refractivity contribution is 7.10. The summed E-state index contributed by atoms with van der Waals surface area (Å²) in [5.41, 5.74) is 2.47. The molecule has 0 aliphatic rings. The average Bonchev–Trinajstić information content (AvgIpc) is 2.69. The number of aryl methyl sites for hydroxylation is 1. The molecule has 0 atom stereocenters. The molecule has 0 spiro atoms. The molecule has 0 saturated heterocycles. The van der Waals surface area contributed by atoms with Gasteiger partial charge in [0.15, 0.2) is 0 Å². The van der Waals surface area contributed by atoms with Crippen LogP contribution in [0.25, 0.3) is 11.1 Å². The van der Waals surface area contributed by atoms with Crippen LogP contribution in [-0.2, 0) is 0 Å². The molecular weight excluding hydrogens is 190 g/mol. The van der Waals surface area contributed by atoms with Gasteiger partial charge in [-0.3, -0.25) is 4.98 Å². The van der Waals surface area contributed by atoms with Crippen molar-refractivity contribution in [3.8, 4) is 11.1 Å². The summed E-state index contributed by atoms with van der Waals surface area (Å²) in [6.45, 7) is 6.12. The maximum Gasteiger partial charge on any atom is 0.0346 e. The highest BCUT2D eigenvalue weighted by Crippen LogP contribution is 2.23. The van der Waals surface area contributed by atoms with Crippen molar-refractivity contribution in [3.63, 3.8) is 0 Å². The Kier molecular flexibility index (Phi) is 4.33. The lowest BCUT2D eigenvalue weighted by molar-refractivity contribution is 1.33. The molecule has 74 valence electrons.